The van der Waals surface area contributed by atoms with E-state index < -0.39 is 0 Å². The minimum atomic E-state index is -0.331. The third-order valence-electron chi connectivity index (χ3n) is 4.41. The minimum absolute atomic E-state index is 0.275. The highest BCUT2D eigenvalue weighted by Crippen LogP contribution is 2.25. The van der Waals surface area contributed by atoms with Crippen molar-refractivity contribution in [1.82, 2.24) is 15.6 Å². The molecule has 31 heavy (non-hydrogen) atoms. The summed E-state index contributed by atoms with van der Waals surface area (Å²) in [5.74, 6) is 1.42. The predicted octanol–water partition coefficient (Wildman–Crippen LogP) is 3.87. The van der Waals surface area contributed by atoms with Crippen molar-refractivity contribution >= 4 is 17.6 Å². The van der Waals surface area contributed by atoms with Crippen LogP contribution in [-0.4, -0.2) is 31.1 Å². The number of aryl methyl sites for hydroxylation is 1. The van der Waals surface area contributed by atoms with Crippen molar-refractivity contribution in [3.05, 3.63) is 77.6 Å². The number of methoxy groups -OCH3 is 1. The number of benzene rings is 2. The van der Waals surface area contributed by atoms with E-state index in [0.29, 0.717) is 29.5 Å². The quantitative estimate of drug-likeness (QED) is 0.539. The smallest absolute Gasteiger partial charge is 0.319 e. The summed E-state index contributed by atoms with van der Waals surface area (Å²) >= 11 is 0. The summed E-state index contributed by atoms with van der Waals surface area (Å²) in [6.07, 6.45) is 1.51. The van der Waals surface area contributed by atoms with Gasteiger partial charge in [0.15, 0.2) is 0 Å². The number of carbonyl (C=O) groups is 2. The van der Waals surface area contributed by atoms with Crippen LogP contribution in [0, 0.1) is 6.92 Å². The normalized spacial score (nSPS) is 10.2. The summed E-state index contributed by atoms with van der Waals surface area (Å²) in [5.41, 5.74) is 2.80. The first-order valence-corrected chi connectivity index (χ1v) is 9.63. The number of anilines is 1. The fourth-order valence-corrected chi connectivity index (χ4v) is 2.81. The van der Waals surface area contributed by atoms with E-state index in [9.17, 15) is 9.59 Å². The van der Waals surface area contributed by atoms with Gasteiger partial charge < -0.3 is 25.4 Å². The van der Waals surface area contributed by atoms with Crippen LogP contribution in [0.1, 0.15) is 21.6 Å². The molecule has 3 aromatic rings. The summed E-state index contributed by atoms with van der Waals surface area (Å²) in [6, 6.07) is 15.8. The van der Waals surface area contributed by atoms with Crippen LogP contribution >= 0.6 is 0 Å². The zero-order valence-electron chi connectivity index (χ0n) is 17.6. The van der Waals surface area contributed by atoms with Crippen LogP contribution in [0.15, 0.2) is 60.8 Å². The van der Waals surface area contributed by atoms with E-state index in [2.05, 4.69) is 20.9 Å². The van der Waals surface area contributed by atoms with Crippen LogP contribution in [-0.2, 0) is 6.54 Å². The van der Waals surface area contributed by atoms with Crippen molar-refractivity contribution in [3.63, 3.8) is 0 Å². The summed E-state index contributed by atoms with van der Waals surface area (Å²) in [4.78, 5) is 27.9. The number of nitrogens with one attached hydrogen (secondary N) is 3. The fraction of sp³-hybridized carbons (Fsp3) is 0.174. The van der Waals surface area contributed by atoms with Gasteiger partial charge in [-0.3, -0.25) is 9.78 Å². The average molecular weight is 420 g/mol. The molecule has 0 aliphatic heterocycles. The number of urea groups is 1. The molecule has 0 aliphatic rings. The number of rotatable bonds is 7. The Morgan fingerprint density at radius 2 is 1.77 bits per heavy atom. The van der Waals surface area contributed by atoms with Crippen molar-refractivity contribution < 1.29 is 19.1 Å². The third-order valence-corrected chi connectivity index (χ3v) is 4.41. The predicted molar refractivity (Wildman–Crippen MR) is 118 cm³/mol. The lowest BCUT2D eigenvalue weighted by Crippen LogP contribution is -2.28. The van der Waals surface area contributed by atoms with E-state index >= 15 is 0 Å². The lowest BCUT2D eigenvalue weighted by molar-refractivity contribution is 0.0958. The molecule has 0 bridgehead atoms. The number of hydrogen-bond donors (Lipinski definition) is 3. The van der Waals surface area contributed by atoms with Gasteiger partial charge in [-0.2, -0.15) is 0 Å². The van der Waals surface area contributed by atoms with Crippen LogP contribution in [0.5, 0.6) is 17.2 Å². The molecular formula is C23H24N4O4. The van der Waals surface area contributed by atoms with E-state index in [0.717, 1.165) is 11.1 Å². The van der Waals surface area contributed by atoms with Crippen molar-refractivity contribution in [2.24, 2.45) is 0 Å². The minimum Gasteiger partial charge on any atom is -0.495 e. The number of nitrogens with zero attached hydrogens (tertiary/aromatic N) is 1. The SMILES string of the molecule is CNC(=O)c1cc(Oc2ccc(CNC(=O)Nc3cc(C)ccc3OC)cc2)ccn1. The molecule has 0 aliphatic carbocycles. The second-order valence-electron chi connectivity index (χ2n) is 6.71. The number of carbonyl (C=O) groups excluding carboxylic acids is 2. The van der Waals surface area contributed by atoms with Gasteiger partial charge in [-0.25, -0.2) is 4.79 Å². The maximum absolute atomic E-state index is 12.2. The second-order valence-corrected chi connectivity index (χ2v) is 6.71. The number of aromatic nitrogens is 1. The molecule has 3 rings (SSSR count). The van der Waals surface area contributed by atoms with Gasteiger partial charge in [0.05, 0.1) is 12.8 Å². The lowest BCUT2D eigenvalue weighted by Gasteiger charge is -2.12. The molecule has 0 spiro atoms. The van der Waals surface area contributed by atoms with Crippen LogP contribution in [0.3, 0.4) is 0 Å². The molecule has 1 aromatic heterocycles. The van der Waals surface area contributed by atoms with Crippen LogP contribution in [0.2, 0.25) is 0 Å². The Hall–Kier alpha value is -4.07. The Labute approximate surface area is 180 Å². The Morgan fingerprint density at radius 3 is 2.48 bits per heavy atom. The standard InChI is InChI=1S/C23H24N4O4/c1-15-4-9-21(30-3)19(12-15)27-23(29)26-14-16-5-7-17(8-6-16)31-18-10-11-25-20(13-18)22(28)24-2/h4-13H,14H2,1-3H3,(H,24,28)(H2,26,27,29). The molecular weight excluding hydrogens is 396 g/mol. The third kappa shape index (κ3) is 5.96. The van der Waals surface area contributed by atoms with Crippen molar-refractivity contribution in [2.75, 3.05) is 19.5 Å². The first-order valence-electron chi connectivity index (χ1n) is 9.63. The van der Waals surface area contributed by atoms with Gasteiger partial charge in [-0.05, 0) is 48.4 Å². The second kappa shape index (κ2) is 10.1. The van der Waals surface area contributed by atoms with E-state index in [-0.39, 0.29) is 17.6 Å². The molecule has 3 N–H and O–H groups in total. The van der Waals surface area contributed by atoms with Gasteiger partial charge in [0.25, 0.3) is 5.91 Å². The van der Waals surface area contributed by atoms with E-state index in [1.54, 1.807) is 38.4 Å². The Bertz CT molecular complexity index is 1070. The zero-order chi connectivity index (χ0) is 22.2. The monoisotopic (exact) mass is 420 g/mol. The summed E-state index contributed by atoms with van der Waals surface area (Å²) < 4.78 is 11.0. The molecule has 0 atom stereocenters. The van der Waals surface area contributed by atoms with E-state index in [4.69, 9.17) is 9.47 Å². The number of pyridine rings is 1. The zero-order valence-corrected chi connectivity index (χ0v) is 17.6. The highest BCUT2D eigenvalue weighted by atomic mass is 16.5. The van der Waals surface area contributed by atoms with E-state index in [1.807, 2.05) is 37.3 Å². The summed E-state index contributed by atoms with van der Waals surface area (Å²) in [5, 5.41) is 8.14. The molecule has 8 nitrogen and oxygen atoms in total. The summed E-state index contributed by atoms with van der Waals surface area (Å²) in [6.45, 7) is 2.29. The number of hydrogen-bond acceptors (Lipinski definition) is 5. The van der Waals surface area contributed by atoms with E-state index in [1.165, 1.54) is 6.20 Å². The fourth-order valence-electron chi connectivity index (χ4n) is 2.81. The Kier molecular flexibility index (Phi) is 7.05. The first kappa shape index (κ1) is 21.6. The molecule has 0 unspecified atom stereocenters. The Balaban J connectivity index is 1.56. The largest absolute Gasteiger partial charge is 0.495 e. The van der Waals surface area contributed by atoms with Gasteiger partial charge in [-0.15, -0.1) is 0 Å². The van der Waals surface area contributed by atoms with Gasteiger partial charge in [0.2, 0.25) is 0 Å². The lowest BCUT2D eigenvalue weighted by atomic mass is 10.2. The van der Waals surface area contributed by atoms with Crippen molar-refractivity contribution in [3.8, 4) is 17.2 Å². The van der Waals surface area contributed by atoms with Crippen LogP contribution in [0.25, 0.3) is 0 Å². The molecule has 0 saturated carbocycles. The molecule has 0 radical (unpaired) electrons. The molecule has 1 heterocycles. The molecule has 8 heteroatoms. The molecule has 2 aromatic carbocycles. The highest BCUT2D eigenvalue weighted by molar-refractivity contribution is 5.92. The average Bonchev–Trinajstić information content (AvgIpc) is 2.78. The topological polar surface area (TPSA) is 102 Å². The van der Waals surface area contributed by atoms with Gasteiger partial charge in [0, 0.05) is 25.9 Å². The summed E-state index contributed by atoms with van der Waals surface area (Å²) in [7, 11) is 3.10. The first-order chi connectivity index (χ1) is 15.0. The van der Waals surface area contributed by atoms with Gasteiger partial charge in [-0.1, -0.05) is 18.2 Å². The number of ether oxygens (including phenoxy) is 2. The maximum Gasteiger partial charge on any atom is 0.319 e. The molecule has 3 amide bonds. The van der Waals surface area contributed by atoms with Crippen LogP contribution < -0.4 is 25.4 Å². The van der Waals surface area contributed by atoms with Gasteiger partial charge >= 0.3 is 6.03 Å². The maximum atomic E-state index is 12.2. The molecule has 0 saturated heterocycles. The van der Waals surface area contributed by atoms with Crippen molar-refractivity contribution in [2.45, 2.75) is 13.5 Å². The number of amides is 3. The molecule has 0 fully saturated rings. The van der Waals surface area contributed by atoms with Crippen molar-refractivity contribution in [1.29, 1.82) is 0 Å². The Morgan fingerprint density at radius 1 is 1.00 bits per heavy atom. The van der Waals surface area contributed by atoms with Crippen LogP contribution in [0.4, 0.5) is 10.5 Å². The van der Waals surface area contributed by atoms with Gasteiger partial charge in [0.1, 0.15) is 22.9 Å². The molecule has 160 valence electrons. The highest BCUT2D eigenvalue weighted by Gasteiger charge is 2.09.